The molecule has 1 rings (SSSR count). The summed E-state index contributed by atoms with van der Waals surface area (Å²) in [4.78, 5) is 0. The summed E-state index contributed by atoms with van der Waals surface area (Å²) >= 11 is 0. The Morgan fingerprint density at radius 3 is 2.21 bits per heavy atom. The number of ether oxygens (including phenoxy) is 1. The fourth-order valence-corrected chi connectivity index (χ4v) is 1.69. The lowest BCUT2D eigenvalue weighted by molar-refractivity contribution is 0.299. The first-order valence-electron chi connectivity index (χ1n) is 5.02. The summed E-state index contributed by atoms with van der Waals surface area (Å²) in [6.07, 6.45) is 0.716. The highest BCUT2D eigenvalue weighted by molar-refractivity contribution is 5.43. The van der Waals surface area contributed by atoms with Gasteiger partial charge in [-0.05, 0) is 43.9 Å². The molecule has 0 aliphatic heterocycles. The summed E-state index contributed by atoms with van der Waals surface area (Å²) in [5.41, 5.74) is 3.47. The van der Waals surface area contributed by atoms with Gasteiger partial charge in [0.2, 0.25) is 0 Å². The van der Waals surface area contributed by atoms with Gasteiger partial charge in [-0.25, -0.2) is 0 Å². The predicted octanol–water partition coefficient (Wildman–Crippen LogP) is 2.24. The standard InChI is InChI=1S/C12H18O2/c1-4-14-12-9(2)7-11(5-6-13)8-10(12)3/h7-8,13H,4-6H2,1-3H3. The van der Waals surface area contributed by atoms with Crippen LogP contribution < -0.4 is 4.74 Å². The molecule has 0 heterocycles. The molecule has 0 radical (unpaired) electrons. The summed E-state index contributed by atoms with van der Waals surface area (Å²) in [6, 6.07) is 4.16. The molecule has 0 saturated carbocycles. The topological polar surface area (TPSA) is 29.5 Å². The van der Waals surface area contributed by atoms with Crippen LogP contribution in [0.1, 0.15) is 23.6 Å². The lowest BCUT2D eigenvalue weighted by Crippen LogP contribution is -1.99. The van der Waals surface area contributed by atoms with Crippen molar-refractivity contribution in [3.05, 3.63) is 28.8 Å². The van der Waals surface area contributed by atoms with E-state index in [1.165, 1.54) is 5.56 Å². The number of hydrogen-bond acceptors (Lipinski definition) is 2. The maximum absolute atomic E-state index is 8.84. The smallest absolute Gasteiger partial charge is 0.125 e. The van der Waals surface area contributed by atoms with Crippen molar-refractivity contribution in [3.63, 3.8) is 0 Å². The van der Waals surface area contributed by atoms with Crippen molar-refractivity contribution in [1.82, 2.24) is 0 Å². The van der Waals surface area contributed by atoms with E-state index >= 15 is 0 Å². The monoisotopic (exact) mass is 194 g/mol. The second-order valence-electron chi connectivity index (χ2n) is 3.47. The molecule has 0 aliphatic rings. The van der Waals surface area contributed by atoms with Crippen LogP contribution in [0.5, 0.6) is 5.75 Å². The Hall–Kier alpha value is -1.02. The first kappa shape index (κ1) is 11.1. The highest BCUT2D eigenvalue weighted by Crippen LogP contribution is 2.24. The van der Waals surface area contributed by atoms with Crippen molar-refractivity contribution >= 4 is 0 Å². The lowest BCUT2D eigenvalue weighted by Gasteiger charge is -2.12. The summed E-state index contributed by atoms with van der Waals surface area (Å²) in [7, 11) is 0. The Labute approximate surface area is 85.5 Å². The molecule has 1 aromatic carbocycles. The molecule has 0 amide bonds. The van der Waals surface area contributed by atoms with Crippen LogP contribution in [0, 0.1) is 13.8 Å². The molecule has 0 aliphatic carbocycles. The molecular formula is C12H18O2. The van der Waals surface area contributed by atoms with E-state index < -0.39 is 0 Å². The van der Waals surface area contributed by atoms with Gasteiger partial charge in [0.15, 0.2) is 0 Å². The molecule has 0 bridgehead atoms. The van der Waals surface area contributed by atoms with Gasteiger partial charge in [-0.2, -0.15) is 0 Å². The van der Waals surface area contributed by atoms with E-state index in [0.717, 1.165) is 16.9 Å². The van der Waals surface area contributed by atoms with E-state index in [4.69, 9.17) is 9.84 Å². The Morgan fingerprint density at radius 1 is 1.21 bits per heavy atom. The Morgan fingerprint density at radius 2 is 1.79 bits per heavy atom. The second kappa shape index (κ2) is 5.01. The summed E-state index contributed by atoms with van der Waals surface area (Å²) < 4.78 is 5.54. The molecule has 0 unspecified atom stereocenters. The molecule has 2 heteroatoms. The van der Waals surface area contributed by atoms with Crippen molar-refractivity contribution in [2.24, 2.45) is 0 Å². The van der Waals surface area contributed by atoms with Crippen LogP contribution in [-0.2, 0) is 6.42 Å². The van der Waals surface area contributed by atoms with Crippen LogP contribution in [0.4, 0.5) is 0 Å². The third-order valence-electron chi connectivity index (χ3n) is 2.21. The van der Waals surface area contributed by atoms with E-state index in [1.54, 1.807) is 0 Å². The van der Waals surface area contributed by atoms with Gasteiger partial charge in [-0.3, -0.25) is 0 Å². The number of rotatable bonds is 4. The van der Waals surface area contributed by atoms with Gasteiger partial charge in [0, 0.05) is 6.61 Å². The number of aryl methyl sites for hydroxylation is 2. The molecule has 1 aromatic rings. The average molecular weight is 194 g/mol. The highest BCUT2D eigenvalue weighted by atomic mass is 16.5. The average Bonchev–Trinajstić information content (AvgIpc) is 2.12. The molecule has 0 atom stereocenters. The molecule has 0 aromatic heterocycles. The van der Waals surface area contributed by atoms with Gasteiger partial charge in [-0.15, -0.1) is 0 Å². The first-order valence-corrected chi connectivity index (χ1v) is 5.02. The van der Waals surface area contributed by atoms with Crippen molar-refractivity contribution in [2.75, 3.05) is 13.2 Å². The van der Waals surface area contributed by atoms with Crippen molar-refractivity contribution in [2.45, 2.75) is 27.2 Å². The number of hydrogen-bond donors (Lipinski definition) is 1. The molecular weight excluding hydrogens is 176 g/mol. The van der Waals surface area contributed by atoms with Crippen LogP contribution >= 0.6 is 0 Å². The Kier molecular flexibility index (Phi) is 3.96. The largest absolute Gasteiger partial charge is 0.493 e. The van der Waals surface area contributed by atoms with Crippen LogP contribution in [0.25, 0.3) is 0 Å². The van der Waals surface area contributed by atoms with Gasteiger partial charge >= 0.3 is 0 Å². The lowest BCUT2D eigenvalue weighted by atomic mass is 10.0. The third kappa shape index (κ3) is 2.48. The minimum absolute atomic E-state index is 0.201. The summed E-state index contributed by atoms with van der Waals surface area (Å²) in [6.45, 7) is 6.96. The fraction of sp³-hybridized carbons (Fsp3) is 0.500. The Bertz CT molecular complexity index is 282. The first-order chi connectivity index (χ1) is 6.69. The van der Waals surface area contributed by atoms with E-state index in [0.29, 0.717) is 13.0 Å². The van der Waals surface area contributed by atoms with Gasteiger partial charge in [0.25, 0.3) is 0 Å². The van der Waals surface area contributed by atoms with Crippen molar-refractivity contribution in [1.29, 1.82) is 0 Å². The Balaban J connectivity index is 2.98. The van der Waals surface area contributed by atoms with E-state index in [-0.39, 0.29) is 6.61 Å². The molecule has 0 saturated heterocycles. The number of aliphatic hydroxyl groups is 1. The zero-order valence-corrected chi connectivity index (χ0v) is 9.13. The number of benzene rings is 1. The van der Waals surface area contributed by atoms with Crippen LogP contribution in [0.3, 0.4) is 0 Å². The molecule has 78 valence electrons. The zero-order valence-electron chi connectivity index (χ0n) is 9.13. The molecule has 0 fully saturated rings. The van der Waals surface area contributed by atoms with Crippen LogP contribution in [0.15, 0.2) is 12.1 Å². The zero-order chi connectivity index (χ0) is 10.6. The SMILES string of the molecule is CCOc1c(C)cc(CCO)cc1C. The fourth-order valence-electron chi connectivity index (χ4n) is 1.69. The number of aliphatic hydroxyl groups excluding tert-OH is 1. The van der Waals surface area contributed by atoms with Gasteiger partial charge < -0.3 is 9.84 Å². The van der Waals surface area contributed by atoms with Gasteiger partial charge in [-0.1, -0.05) is 12.1 Å². The molecule has 1 N–H and O–H groups in total. The molecule has 2 nitrogen and oxygen atoms in total. The maximum atomic E-state index is 8.84. The van der Waals surface area contributed by atoms with E-state index in [1.807, 2.05) is 20.8 Å². The van der Waals surface area contributed by atoms with Gasteiger partial charge in [0.1, 0.15) is 5.75 Å². The minimum Gasteiger partial charge on any atom is -0.493 e. The van der Waals surface area contributed by atoms with Crippen LogP contribution in [-0.4, -0.2) is 18.3 Å². The quantitative estimate of drug-likeness (QED) is 0.796. The van der Waals surface area contributed by atoms with Crippen molar-refractivity contribution in [3.8, 4) is 5.75 Å². The van der Waals surface area contributed by atoms with E-state index in [2.05, 4.69) is 12.1 Å². The maximum Gasteiger partial charge on any atom is 0.125 e. The van der Waals surface area contributed by atoms with Crippen LogP contribution in [0.2, 0.25) is 0 Å². The minimum atomic E-state index is 0.201. The van der Waals surface area contributed by atoms with E-state index in [9.17, 15) is 0 Å². The molecule has 14 heavy (non-hydrogen) atoms. The summed E-state index contributed by atoms with van der Waals surface area (Å²) in [5, 5.41) is 8.84. The summed E-state index contributed by atoms with van der Waals surface area (Å²) in [5.74, 6) is 0.981. The second-order valence-corrected chi connectivity index (χ2v) is 3.47. The highest BCUT2D eigenvalue weighted by Gasteiger charge is 2.05. The normalized spacial score (nSPS) is 10.3. The third-order valence-corrected chi connectivity index (χ3v) is 2.21. The predicted molar refractivity (Wildman–Crippen MR) is 57.9 cm³/mol. The van der Waals surface area contributed by atoms with Gasteiger partial charge in [0.05, 0.1) is 6.61 Å². The molecule has 0 spiro atoms. The van der Waals surface area contributed by atoms with Crippen molar-refractivity contribution < 1.29 is 9.84 Å².